The highest BCUT2D eigenvalue weighted by atomic mass is 32.2. The van der Waals surface area contributed by atoms with Crippen LogP contribution in [0.5, 0.6) is 0 Å². The number of hydrogen-bond donors (Lipinski definition) is 1. The molecule has 2 aliphatic rings. The van der Waals surface area contributed by atoms with Crippen molar-refractivity contribution in [1.29, 1.82) is 0 Å². The van der Waals surface area contributed by atoms with Crippen LogP contribution in [0.25, 0.3) is 0 Å². The zero-order valence-corrected chi connectivity index (χ0v) is 12.2. The van der Waals surface area contributed by atoms with E-state index in [0.29, 0.717) is 24.7 Å². The molecule has 2 aliphatic heterocycles. The Labute approximate surface area is 117 Å². The van der Waals surface area contributed by atoms with E-state index in [1.54, 1.807) is 0 Å². The van der Waals surface area contributed by atoms with E-state index in [1.807, 2.05) is 0 Å². The summed E-state index contributed by atoms with van der Waals surface area (Å²) in [6, 6.07) is 1.67. The lowest BCUT2D eigenvalue weighted by Crippen LogP contribution is -2.49. The maximum absolute atomic E-state index is 12.2. The van der Waals surface area contributed by atoms with E-state index in [0.717, 1.165) is 25.8 Å². The van der Waals surface area contributed by atoms with Gasteiger partial charge in [-0.3, -0.25) is 4.90 Å². The van der Waals surface area contributed by atoms with Crippen LogP contribution in [0.1, 0.15) is 39.0 Å². The molecule has 2 saturated heterocycles. The van der Waals surface area contributed by atoms with Crippen molar-refractivity contribution in [3.05, 3.63) is 0 Å². The molecule has 0 saturated carbocycles. The molecule has 0 amide bonds. The number of nitrogens with one attached hydrogen (secondary N) is 1. The summed E-state index contributed by atoms with van der Waals surface area (Å²) >= 11 is 0.112. The second-order valence-corrected chi connectivity index (χ2v) is 6.75. The third-order valence-corrected chi connectivity index (χ3v) is 4.83. The summed E-state index contributed by atoms with van der Waals surface area (Å²) in [4.78, 5) is 2.28. The minimum atomic E-state index is -4.09. The second-order valence-electron chi connectivity index (χ2n) is 5.59. The molecule has 2 atom stereocenters. The summed E-state index contributed by atoms with van der Waals surface area (Å²) in [5.74, 6) is 0.156. The SMILES string of the molecule is CCCN(CCSC(F)(F)F)C1CC2CCC(C1)N2. The Morgan fingerprint density at radius 3 is 2.32 bits per heavy atom. The fourth-order valence-electron chi connectivity index (χ4n) is 3.37. The van der Waals surface area contributed by atoms with Gasteiger partial charge in [-0.25, -0.2) is 0 Å². The number of thioether (sulfide) groups is 1. The van der Waals surface area contributed by atoms with Gasteiger partial charge in [-0.15, -0.1) is 0 Å². The molecule has 0 radical (unpaired) electrons. The van der Waals surface area contributed by atoms with Crippen molar-refractivity contribution in [2.45, 2.75) is 62.7 Å². The van der Waals surface area contributed by atoms with Crippen molar-refractivity contribution in [2.75, 3.05) is 18.8 Å². The molecule has 2 fully saturated rings. The largest absolute Gasteiger partial charge is 0.441 e. The quantitative estimate of drug-likeness (QED) is 0.810. The van der Waals surface area contributed by atoms with Crippen molar-refractivity contribution >= 4 is 11.8 Å². The van der Waals surface area contributed by atoms with E-state index in [-0.39, 0.29) is 17.5 Å². The van der Waals surface area contributed by atoms with E-state index >= 15 is 0 Å². The predicted molar refractivity (Wildman–Crippen MR) is 73.3 cm³/mol. The highest BCUT2D eigenvalue weighted by molar-refractivity contribution is 8.00. The summed E-state index contributed by atoms with van der Waals surface area (Å²) in [7, 11) is 0. The summed E-state index contributed by atoms with van der Waals surface area (Å²) in [6.07, 6.45) is 5.69. The Morgan fingerprint density at radius 2 is 1.79 bits per heavy atom. The van der Waals surface area contributed by atoms with Gasteiger partial charge in [-0.1, -0.05) is 6.92 Å². The van der Waals surface area contributed by atoms with E-state index in [9.17, 15) is 13.2 Å². The Hall–Kier alpha value is 0.0600. The number of halogens is 3. The number of piperidine rings is 1. The van der Waals surface area contributed by atoms with Crippen molar-refractivity contribution in [3.63, 3.8) is 0 Å². The summed E-state index contributed by atoms with van der Waals surface area (Å²) in [5.41, 5.74) is -4.09. The van der Waals surface area contributed by atoms with E-state index < -0.39 is 5.51 Å². The minimum Gasteiger partial charge on any atom is -0.311 e. The number of nitrogens with zero attached hydrogens (tertiary/aromatic N) is 1. The van der Waals surface area contributed by atoms with Gasteiger partial charge in [0, 0.05) is 30.4 Å². The molecule has 2 nitrogen and oxygen atoms in total. The van der Waals surface area contributed by atoms with Crippen molar-refractivity contribution in [3.8, 4) is 0 Å². The average Bonchev–Trinajstić information content (AvgIpc) is 2.66. The first-order valence-electron chi connectivity index (χ1n) is 7.18. The number of rotatable bonds is 6. The van der Waals surface area contributed by atoms with Crippen LogP contribution in [0.3, 0.4) is 0 Å². The number of hydrogen-bond acceptors (Lipinski definition) is 3. The van der Waals surface area contributed by atoms with Gasteiger partial charge in [0.2, 0.25) is 0 Å². The normalized spacial score (nSPS) is 31.1. The highest BCUT2D eigenvalue weighted by Gasteiger charge is 2.36. The first kappa shape index (κ1) is 15.4. The van der Waals surface area contributed by atoms with Crippen LogP contribution in [0, 0.1) is 0 Å². The predicted octanol–water partition coefficient (Wildman–Crippen LogP) is 3.23. The van der Waals surface area contributed by atoms with Gasteiger partial charge in [0.05, 0.1) is 0 Å². The highest BCUT2D eigenvalue weighted by Crippen LogP contribution is 2.32. The zero-order chi connectivity index (χ0) is 13.9. The van der Waals surface area contributed by atoms with Gasteiger partial charge in [0.1, 0.15) is 0 Å². The van der Waals surface area contributed by atoms with E-state index in [2.05, 4.69) is 17.1 Å². The molecular formula is C13H23F3N2S. The molecule has 2 bridgehead atoms. The van der Waals surface area contributed by atoms with Crippen LogP contribution in [-0.4, -0.2) is 47.4 Å². The molecule has 2 unspecified atom stereocenters. The van der Waals surface area contributed by atoms with Crippen LogP contribution < -0.4 is 5.32 Å². The van der Waals surface area contributed by atoms with Crippen LogP contribution in [-0.2, 0) is 0 Å². The van der Waals surface area contributed by atoms with Crippen LogP contribution in [0.15, 0.2) is 0 Å². The molecule has 2 rings (SSSR count). The Bertz CT molecular complexity index is 274. The molecule has 19 heavy (non-hydrogen) atoms. The third kappa shape index (κ3) is 4.83. The van der Waals surface area contributed by atoms with Crippen LogP contribution in [0.4, 0.5) is 13.2 Å². The van der Waals surface area contributed by atoms with E-state index in [4.69, 9.17) is 0 Å². The molecule has 0 aromatic rings. The maximum Gasteiger partial charge on any atom is 0.441 e. The minimum absolute atomic E-state index is 0.112. The maximum atomic E-state index is 12.2. The van der Waals surface area contributed by atoms with Crippen LogP contribution in [0.2, 0.25) is 0 Å². The lowest BCUT2D eigenvalue weighted by atomic mass is 9.98. The van der Waals surface area contributed by atoms with Gasteiger partial charge in [0.25, 0.3) is 0 Å². The van der Waals surface area contributed by atoms with Gasteiger partial charge < -0.3 is 5.32 Å². The van der Waals surface area contributed by atoms with Gasteiger partial charge in [-0.05, 0) is 50.4 Å². The second kappa shape index (κ2) is 6.68. The monoisotopic (exact) mass is 296 g/mol. The fourth-order valence-corrected chi connectivity index (χ4v) is 3.93. The number of fused-ring (bicyclic) bond motifs is 2. The van der Waals surface area contributed by atoms with Gasteiger partial charge in [-0.2, -0.15) is 13.2 Å². The summed E-state index contributed by atoms with van der Waals surface area (Å²) < 4.78 is 36.6. The first-order chi connectivity index (χ1) is 8.98. The van der Waals surface area contributed by atoms with E-state index in [1.165, 1.54) is 12.8 Å². The fraction of sp³-hybridized carbons (Fsp3) is 1.00. The van der Waals surface area contributed by atoms with Crippen molar-refractivity contribution < 1.29 is 13.2 Å². The standard InChI is InChI=1S/C13H23F3N2S/c1-2-5-18(6-7-19-13(14,15)16)12-8-10-3-4-11(9-12)17-10/h10-12,17H,2-9H2,1H3. The zero-order valence-electron chi connectivity index (χ0n) is 11.4. The Balaban J connectivity index is 1.81. The lowest BCUT2D eigenvalue weighted by Gasteiger charge is -2.37. The van der Waals surface area contributed by atoms with Crippen molar-refractivity contribution in [2.24, 2.45) is 0 Å². The van der Waals surface area contributed by atoms with Gasteiger partial charge >= 0.3 is 5.51 Å². The molecule has 0 aliphatic carbocycles. The number of alkyl halides is 3. The Morgan fingerprint density at radius 1 is 1.16 bits per heavy atom. The van der Waals surface area contributed by atoms with Crippen molar-refractivity contribution in [1.82, 2.24) is 10.2 Å². The first-order valence-corrected chi connectivity index (χ1v) is 8.17. The van der Waals surface area contributed by atoms with Gasteiger partial charge in [0.15, 0.2) is 0 Å². The Kier molecular flexibility index (Phi) is 5.43. The molecular weight excluding hydrogens is 273 g/mol. The molecule has 0 spiro atoms. The summed E-state index contributed by atoms with van der Waals surface area (Å²) in [6.45, 7) is 3.57. The molecule has 2 heterocycles. The topological polar surface area (TPSA) is 15.3 Å². The molecule has 1 N–H and O–H groups in total. The molecule has 0 aromatic carbocycles. The molecule has 0 aromatic heterocycles. The summed E-state index contributed by atoms with van der Waals surface area (Å²) in [5, 5.41) is 3.59. The lowest BCUT2D eigenvalue weighted by molar-refractivity contribution is -0.0329. The molecule has 112 valence electrons. The average molecular weight is 296 g/mol. The molecule has 6 heteroatoms. The van der Waals surface area contributed by atoms with Crippen LogP contribution >= 0.6 is 11.8 Å². The smallest absolute Gasteiger partial charge is 0.311 e. The third-order valence-electron chi connectivity index (χ3n) is 4.12.